The number of hydrogen-bond donors (Lipinski definition) is 1. The SMILES string of the molecule is CCc1nc2ccccc2n1-c1nc(N2CCOCC2)c2nc(CN3CCNCC3(C)C)sc2n1. The molecule has 0 saturated carbocycles. The van der Waals surface area contributed by atoms with Gasteiger partial charge in [-0.15, -0.1) is 0 Å². The van der Waals surface area contributed by atoms with Crippen LogP contribution in [0.25, 0.3) is 27.3 Å². The number of benzene rings is 1. The van der Waals surface area contributed by atoms with Crippen LogP contribution >= 0.6 is 11.3 Å². The highest BCUT2D eigenvalue weighted by Crippen LogP contribution is 2.32. The van der Waals surface area contributed by atoms with E-state index in [1.807, 2.05) is 18.2 Å². The zero-order valence-electron chi connectivity index (χ0n) is 20.6. The molecule has 2 aliphatic rings. The van der Waals surface area contributed by atoms with Gasteiger partial charge in [0.2, 0.25) is 5.95 Å². The second kappa shape index (κ2) is 9.09. The van der Waals surface area contributed by atoms with Gasteiger partial charge in [0.05, 0.1) is 30.8 Å². The quantitative estimate of drug-likeness (QED) is 0.455. The maximum absolute atomic E-state index is 5.63. The van der Waals surface area contributed by atoms with Crippen LogP contribution in [0.1, 0.15) is 31.6 Å². The molecule has 2 aliphatic heterocycles. The van der Waals surface area contributed by atoms with E-state index in [-0.39, 0.29) is 5.54 Å². The summed E-state index contributed by atoms with van der Waals surface area (Å²) >= 11 is 1.68. The summed E-state index contributed by atoms with van der Waals surface area (Å²) in [5.41, 5.74) is 2.98. The maximum Gasteiger partial charge on any atom is 0.239 e. The van der Waals surface area contributed by atoms with Gasteiger partial charge in [-0.05, 0) is 26.0 Å². The van der Waals surface area contributed by atoms with Crippen molar-refractivity contribution in [2.24, 2.45) is 0 Å². The summed E-state index contributed by atoms with van der Waals surface area (Å²) in [4.78, 5) is 25.9. The Morgan fingerprint density at radius 1 is 1.06 bits per heavy atom. The van der Waals surface area contributed by atoms with Crippen LogP contribution in [-0.2, 0) is 17.7 Å². The minimum atomic E-state index is 0.0890. The first-order valence-electron chi connectivity index (χ1n) is 12.5. The molecule has 6 rings (SSSR count). The van der Waals surface area contributed by atoms with Gasteiger partial charge in [0, 0.05) is 44.7 Å². The van der Waals surface area contributed by atoms with Crippen LogP contribution in [0.5, 0.6) is 0 Å². The van der Waals surface area contributed by atoms with Gasteiger partial charge in [0.1, 0.15) is 16.3 Å². The molecule has 9 nitrogen and oxygen atoms in total. The highest BCUT2D eigenvalue weighted by Gasteiger charge is 2.31. The highest BCUT2D eigenvalue weighted by atomic mass is 32.1. The predicted octanol–water partition coefficient (Wildman–Crippen LogP) is 3.01. The van der Waals surface area contributed by atoms with Crippen LogP contribution in [0.15, 0.2) is 24.3 Å². The number of hydrogen-bond acceptors (Lipinski definition) is 9. The van der Waals surface area contributed by atoms with E-state index >= 15 is 0 Å². The number of fused-ring (bicyclic) bond motifs is 2. The Morgan fingerprint density at radius 2 is 1.89 bits per heavy atom. The van der Waals surface area contributed by atoms with E-state index in [0.29, 0.717) is 19.2 Å². The van der Waals surface area contributed by atoms with Gasteiger partial charge in [-0.3, -0.25) is 9.47 Å². The van der Waals surface area contributed by atoms with Crippen molar-refractivity contribution in [3.8, 4) is 5.95 Å². The third kappa shape index (κ3) is 4.18. The van der Waals surface area contributed by atoms with Crippen molar-refractivity contribution in [1.82, 2.24) is 34.7 Å². The summed E-state index contributed by atoms with van der Waals surface area (Å²) < 4.78 is 7.74. The molecular formula is C25H32N8OS. The Labute approximate surface area is 209 Å². The first-order valence-corrected chi connectivity index (χ1v) is 13.3. The second-order valence-corrected chi connectivity index (χ2v) is 10.9. The van der Waals surface area contributed by atoms with Gasteiger partial charge in [0.15, 0.2) is 10.6 Å². The summed E-state index contributed by atoms with van der Waals surface area (Å²) in [7, 11) is 0. The molecule has 0 spiro atoms. The molecule has 0 radical (unpaired) electrons. The molecule has 35 heavy (non-hydrogen) atoms. The number of para-hydroxylation sites is 2. The van der Waals surface area contributed by atoms with Gasteiger partial charge < -0.3 is 15.0 Å². The summed E-state index contributed by atoms with van der Waals surface area (Å²) in [6, 6.07) is 8.21. The molecule has 10 heteroatoms. The lowest BCUT2D eigenvalue weighted by molar-refractivity contribution is 0.0827. The number of piperazine rings is 1. The second-order valence-electron chi connectivity index (χ2n) is 9.82. The average molecular weight is 493 g/mol. The third-order valence-electron chi connectivity index (χ3n) is 7.03. The topological polar surface area (TPSA) is 84.2 Å². The fraction of sp³-hybridized carbons (Fsp3) is 0.520. The Balaban J connectivity index is 1.48. The number of ether oxygens (including phenoxy) is 1. The van der Waals surface area contributed by atoms with E-state index in [9.17, 15) is 0 Å². The largest absolute Gasteiger partial charge is 0.378 e. The number of thiazole rings is 1. The lowest BCUT2D eigenvalue weighted by Gasteiger charge is -2.42. The number of anilines is 1. The lowest BCUT2D eigenvalue weighted by Crippen LogP contribution is -2.57. The molecule has 2 saturated heterocycles. The monoisotopic (exact) mass is 492 g/mol. The zero-order valence-corrected chi connectivity index (χ0v) is 21.4. The number of nitrogens with one attached hydrogen (secondary N) is 1. The predicted molar refractivity (Wildman–Crippen MR) is 140 cm³/mol. The number of morpholine rings is 1. The van der Waals surface area contributed by atoms with Crippen molar-refractivity contribution in [2.75, 3.05) is 50.8 Å². The number of aryl methyl sites for hydroxylation is 1. The standard InChI is InChI=1S/C25H32N8OS/c1-4-19-27-17-7-5-6-8-18(17)33(19)24-29-22(31-11-13-34-14-12-31)21-23(30-24)35-20(28-21)15-32-10-9-26-16-25(32,2)3/h5-8,26H,4,9-16H2,1-3H3. The van der Waals surface area contributed by atoms with Crippen LogP contribution in [0.4, 0.5) is 5.82 Å². The van der Waals surface area contributed by atoms with Gasteiger partial charge in [-0.25, -0.2) is 9.97 Å². The van der Waals surface area contributed by atoms with Crippen molar-refractivity contribution in [3.63, 3.8) is 0 Å². The molecule has 0 atom stereocenters. The molecule has 0 aliphatic carbocycles. The molecule has 0 bridgehead atoms. The number of aromatic nitrogens is 5. The summed E-state index contributed by atoms with van der Waals surface area (Å²) in [6.07, 6.45) is 0.801. The van der Waals surface area contributed by atoms with Crippen molar-refractivity contribution in [1.29, 1.82) is 0 Å². The normalized spacial score (nSPS) is 19.1. The molecule has 1 aromatic carbocycles. The number of imidazole rings is 1. The first-order chi connectivity index (χ1) is 17.0. The van der Waals surface area contributed by atoms with Crippen molar-refractivity contribution >= 4 is 38.5 Å². The maximum atomic E-state index is 5.63. The van der Waals surface area contributed by atoms with E-state index in [4.69, 9.17) is 24.7 Å². The van der Waals surface area contributed by atoms with E-state index < -0.39 is 0 Å². The van der Waals surface area contributed by atoms with E-state index in [1.165, 1.54) is 0 Å². The van der Waals surface area contributed by atoms with Crippen molar-refractivity contribution < 1.29 is 4.74 Å². The molecule has 184 valence electrons. The molecule has 2 fully saturated rings. The minimum Gasteiger partial charge on any atom is -0.378 e. The fourth-order valence-electron chi connectivity index (χ4n) is 5.02. The molecule has 0 unspecified atom stereocenters. The van der Waals surface area contributed by atoms with E-state index in [2.05, 4.69) is 46.5 Å². The van der Waals surface area contributed by atoms with E-state index in [0.717, 1.165) is 83.7 Å². The van der Waals surface area contributed by atoms with Crippen LogP contribution in [0.2, 0.25) is 0 Å². The van der Waals surface area contributed by atoms with Gasteiger partial charge in [-0.1, -0.05) is 30.4 Å². The molecule has 0 amide bonds. The highest BCUT2D eigenvalue weighted by molar-refractivity contribution is 7.18. The van der Waals surface area contributed by atoms with Gasteiger partial charge in [0.25, 0.3) is 0 Å². The van der Waals surface area contributed by atoms with Crippen LogP contribution in [0, 0.1) is 0 Å². The van der Waals surface area contributed by atoms with Crippen LogP contribution in [-0.4, -0.2) is 80.9 Å². The number of nitrogens with zero attached hydrogens (tertiary/aromatic N) is 7. The zero-order chi connectivity index (χ0) is 24.0. The first kappa shape index (κ1) is 22.8. The van der Waals surface area contributed by atoms with Crippen LogP contribution < -0.4 is 10.2 Å². The Hall–Kier alpha value is -2.66. The molecular weight excluding hydrogens is 460 g/mol. The van der Waals surface area contributed by atoms with Crippen LogP contribution in [0.3, 0.4) is 0 Å². The van der Waals surface area contributed by atoms with Crippen molar-refractivity contribution in [3.05, 3.63) is 35.1 Å². The minimum absolute atomic E-state index is 0.0890. The van der Waals surface area contributed by atoms with Gasteiger partial charge in [-0.2, -0.15) is 9.97 Å². The summed E-state index contributed by atoms with van der Waals surface area (Å²) in [5.74, 6) is 2.53. The number of rotatable bonds is 5. The molecule has 4 aromatic rings. The van der Waals surface area contributed by atoms with Crippen molar-refractivity contribution in [2.45, 2.75) is 39.3 Å². The smallest absolute Gasteiger partial charge is 0.239 e. The Kier molecular flexibility index (Phi) is 5.92. The average Bonchev–Trinajstić information content (AvgIpc) is 3.45. The van der Waals surface area contributed by atoms with E-state index in [1.54, 1.807) is 11.3 Å². The summed E-state index contributed by atoms with van der Waals surface area (Å²) in [5, 5.41) is 4.60. The summed E-state index contributed by atoms with van der Waals surface area (Å²) in [6.45, 7) is 13.5. The fourth-order valence-corrected chi connectivity index (χ4v) is 5.96. The lowest BCUT2D eigenvalue weighted by atomic mass is 10.0. The molecule has 5 heterocycles. The van der Waals surface area contributed by atoms with Gasteiger partial charge >= 0.3 is 0 Å². The Morgan fingerprint density at radius 3 is 2.69 bits per heavy atom. The Bertz CT molecular complexity index is 1360. The third-order valence-corrected chi connectivity index (χ3v) is 7.96. The molecule has 1 N–H and O–H groups in total. The molecule has 3 aromatic heterocycles.